The molecule has 0 N–H and O–H groups in total. The van der Waals surface area contributed by atoms with Crippen LogP contribution in [0, 0.1) is 5.82 Å². The first kappa shape index (κ1) is 23.0. The Bertz CT molecular complexity index is 1050. The van der Waals surface area contributed by atoms with Crippen molar-refractivity contribution in [3.63, 3.8) is 0 Å². The van der Waals surface area contributed by atoms with E-state index in [1.807, 2.05) is 0 Å². The minimum atomic E-state index is -1.26. The van der Waals surface area contributed by atoms with Crippen molar-refractivity contribution in [3.05, 3.63) is 65.5 Å². The maximum Gasteiger partial charge on any atom is 0.241 e. The molecule has 174 valence electrons. The summed E-state index contributed by atoms with van der Waals surface area (Å²) in [4.78, 5) is 43.2. The summed E-state index contributed by atoms with van der Waals surface area (Å²) in [7, 11) is 3.20. The third-order valence-corrected chi connectivity index (χ3v) is 6.87. The number of amides is 3. The summed E-state index contributed by atoms with van der Waals surface area (Å²) >= 11 is 0. The molecule has 2 fully saturated rings. The van der Waals surface area contributed by atoms with Gasteiger partial charge < -0.3 is 9.64 Å². The van der Waals surface area contributed by atoms with E-state index in [0.29, 0.717) is 11.3 Å². The van der Waals surface area contributed by atoms with Crippen LogP contribution in [0.5, 0.6) is 5.75 Å². The van der Waals surface area contributed by atoms with E-state index in [0.717, 1.165) is 31.2 Å². The van der Waals surface area contributed by atoms with E-state index in [-0.39, 0.29) is 49.0 Å². The number of hydrogen-bond donors (Lipinski definition) is 0. The van der Waals surface area contributed by atoms with Crippen molar-refractivity contribution in [1.82, 2.24) is 9.80 Å². The Morgan fingerprint density at radius 2 is 1.85 bits per heavy atom. The zero-order chi connectivity index (χ0) is 23.6. The molecule has 0 spiro atoms. The van der Waals surface area contributed by atoms with Gasteiger partial charge in [-0.2, -0.15) is 0 Å². The number of halogens is 1. The van der Waals surface area contributed by atoms with Gasteiger partial charge >= 0.3 is 0 Å². The fourth-order valence-corrected chi connectivity index (χ4v) is 5.03. The second-order valence-electron chi connectivity index (χ2n) is 9.05. The first-order valence-corrected chi connectivity index (χ1v) is 11.3. The molecule has 0 radical (unpaired) electrons. The van der Waals surface area contributed by atoms with Gasteiger partial charge in [-0.15, -0.1) is 0 Å². The summed E-state index contributed by atoms with van der Waals surface area (Å²) in [5.74, 6) is -0.540. The molecule has 1 saturated heterocycles. The van der Waals surface area contributed by atoms with E-state index in [2.05, 4.69) is 0 Å². The second kappa shape index (κ2) is 9.33. The summed E-state index contributed by atoms with van der Waals surface area (Å²) in [6.45, 7) is 0.280. The molecule has 4 rings (SSSR count). The molecule has 7 heteroatoms. The standard InChI is InChI=1S/C26H29FN2O4/c1-28(17-18-10-12-20(27)13-11-18)23(30)15-26(19-6-5-9-22(14-19)33-2)16-24(31)29(25(26)32)21-7-3-4-8-21/h5-6,9-14,21H,3-4,7-8,15-17H2,1-2H3. The number of ether oxygens (including phenoxy) is 1. The highest BCUT2D eigenvalue weighted by atomic mass is 19.1. The number of methoxy groups -OCH3 is 1. The van der Waals surface area contributed by atoms with Gasteiger partial charge in [0.2, 0.25) is 17.7 Å². The van der Waals surface area contributed by atoms with E-state index in [1.54, 1.807) is 50.6 Å². The summed E-state index contributed by atoms with van der Waals surface area (Å²) in [5, 5.41) is 0. The van der Waals surface area contributed by atoms with Crippen LogP contribution in [0.15, 0.2) is 48.5 Å². The third-order valence-electron chi connectivity index (χ3n) is 6.87. The molecule has 1 heterocycles. The fourth-order valence-electron chi connectivity index (χ4n) is 5.03. The molecule has 0 aromatic heterocycles. The summed E-state index contributed by atoms with van der Waals surface area (Å²) < 4.78 is 18.6. The first-order chi connectivity index (χ1) is 15.8. The van der Waals surface area contributed by atoms with Crippen LogP contribution < -0.4 is 4.74 Å². The molecule has 1 saturated carbocycles. The summed E-state index contributed by atoms with van der Waals surface area (Å²) in [6.07, 6.45) is 3.45. The molecule has 1 atom stereocenters. The van der Waals surface area contributed by atoms with E-state index in [1.165, 1.54) is 21.9 Å². The monoisotopic (exact) mass is 452 g/mol. The Hall–Kier alpha value is -3.22. The average molecular weight is 453 g/mol. The lowest BCUT2D eigenvalue weighted by molar-refractivity contribution is -0.144. The number of likely N-dealkylation sites (tertiary alicyclic amines) is 1. The van der Waals surface area contributed by atoms with E-state index in [9.17, 15) is 18.8 Å². The van der Waals surface area contributed by atoms with Gasteiger partial charge in [-0.05, 0) is 48.2 Å². The van der Waals surface area contributed by atoms with Gasteiger partial charge in [-0.3, -0.25) is 19.3 Å². The van der Waals surface area contributed by atoms with Gasteiger partial charge in [0.1, 0.15) is 11.6 Å². The van der Waals surface area contributed by atoms with Crippen LogP contribution >= 0.6 is 0 Å². The summed E-state index contributed by atoms with van der Waals surface area (Å²) in [6, 6.07) is 13.0. The van der Waals surface area contributed by atoms with Crippen molar-refractivity contribution in [1.29, 1.82) is 0 Å². The molecule has 33 heavy (non-hydrogen) atoms. The minimum absolute atomic E-state index is 0.0361. The van der Waals surface area contributed by atoms with Crippen molar-refractivity contribution in [2.45, 2.75) is 56.5 Å². The van der Waals surface area contributed by atoms with Gasteiger partial charge in [0, 0.05) is 32.5 Å². The Kier molecular flexibility index (Phi) is 6.49. The SMILES string of the molecule is COc1cccc(C2(CC(=O)N(C)Cc3ccc(F)cc3)CC(=O)N(C3CCCC3)C2=O)c1. The molecule has 2 aromatic rings. The predicted molar refractivity (Wildman–Crippen MR) is 121 cm³/mol. The maximum atomic E-state index is 13.8. The van der Waals surface area contributed by atoms with E-state index in [4.69, 9.17) is 4.74 Å². The van der Waals surface area contributed by atoms with Gasteiger partial charge in [0.25, 0.3) is 0 Å². The smallest absolute Gasteiger partial charge is 0.241 e. The van der Waals surface area contributed by atoms with Gasteiger partial charge in [0.15, 0.2) is 0 Å². The maximum absolute atomic E-state index is 13.8. The number of benzene rings is 2. The van der Waals surface area contributed by atoms with Crippen LogP contribution in [0.1, 0.15) is 49.7 Å². The summed E-state index contributed by atoms with van der Waals surface area (Å²) in [5.41, 5.74) is 0.135. The van der Waals surface area contributed by atoms with E-state index >= 15 is 0 Å². The van der Waals surface area contributed by atoms with Gasteiger partial charge in [-0.25, -0.2) is 4.39 Å². The molecule has 1 aliphatic carbocycles. The van der Waals surface area contributed by atoms with Crippen LogP contribution in [0.4, 0.5) is 4.39 Å². The molecule has 1 aliphatic heterocycles. The number of nitrogens with zero attached hydrogens (tertiary/aromatic N) is 2. The molecule has 0 bridgehead atoms. The largest absolute Gasteiger partial charge is 0.497 e. The van der Waals surface area contributed by atoms with Gasteiger partial charge in [0.05, 0.1) is 12.5 Å². The van der Waals surface area contributed by atoms with Crippen LogP contribution in [-0.4, -0.2) is 47.7 Å². The van der Waals surface area contributed by atoms with Crippen molar-refractivity contribution in [2.75, 3.05) is 14.2 Å². The van der Waals surface area contributed by atoms with Gasteiger partial charge in [-0.1, -0.05) is 37.1 Å². The second-order valence-corrected chi connectivity index (χ2v) is 9.05. The highest BCUT2D eigenvalue weighted by molar-refractivity contribution is 6.11. The van der Waals surface area contributed by atoms with E-state index < -0.39 is 5.41 Å². The zero-order valence-electron chi connectivity index (χ0n) is 19.1. The molecule has 1 unspecified atom stereocenters. The molecular weight excluding hydrogens is 423 g/mol. The van der Waals surface area contributed by atoms with Crippen molar-refractivity contribution in [2.24, 2.45) is 0 Å². The third kappa shape index (κ3) is 4.49. The van der Waals surface area contributed by atoms with Crippen LogP contribution in [0.2, 0.25) is 0 Å². The number of carbonyl (C=O) groups is 3. The fraction of sp³-hybridized carbons (Fsp3) is 0.423. The van der Waals surface area contributed by atoms with Crippen LogP contribution in [0.3, 0.4) is 0 Å². The predicted octanol–water partition coefficient (Wildman–Crippen LogP) is 3.82. The van der Waals surface area contributed by atoms with Crippen molar-refractivity contribution >= 4 is 17.7 Å². The highest BCUT2D eigenvalue weighted by Gasteiger charge is 2.55. The Balaban J connectivity index is 1.64. The lowest BCUT2D eigenvalue weighted by atomic mass is 9.75. The number of rotatable bonds is 7. The quantitative estimate of drug-likeness (QED) is 0.599. The Morgan fingerprint density at radius 1 is 1.15 bits per heavy atom. The normalized spacial score (nSPS) is 21.0. The zero-order valence-corrected chi connectivity index (χ0v) is 19.1. The molecule has 3 amide bonds. The Labute approximate surface area is 193 Å². The van der Waals surface area contributed by atoms with Crippen LogP contribution in [0.25, 0.3) is 0 Å². The lowest BCUT2D eigenvalue weighted by Gasteiger charge is -2.31. The minimum Gasteiger partial charge on any atom is -0.497 e. The van der Waals surface area contributed by atoms with Crippen LogP contribution in [-0.2, 0) is 26.3 Å². The first-order valence-electron chi connectivity index (χ1n) is 11.3. The van der Waals surface area contributed by atoms with Crippen molar-refractivity contribution in [3.8, 4) is 5.75 Å². The number of hydrogen-bond acceptors (Lipinski definition) is 4. The molecule has 2 aliphatic rings. The topological polar surface area (TPSA) is 66.9 Å². The highest BCUT2D eigenvalue weighted by Crippen LogP contribution is 2.43. The van der Waals surface area contributed by atoms with Crippen molar-refractivity contribution < 1.29 is 23.5 Å². The number of imide groups is 1. The molecular formula is C26H29FN2O4. The molecule has 2 aromatic carbocycles. The number of carbonyl (C=O) groups excluding carboxylic acids is 3. The Morgan fingerprint density at radius 3 is 2.52 bits per heavy atom. The average Bonchev–Trinajstić information content (AvgIpc) is 3.42. The lowest BCUT2D eigenvalue weighted by Crippen LogP contribution is -2.45. The molecule has 6 nitrogen and oxygen atoms in total.